The maximum atomic E-state index is 12.7. The summed E-state index contributed by atoms with van der Waals surface area (Å²) in [6.07, 6.45) is 5.26. The van der Waals surface area contributed by atoms with E-state index in [2.05, 4.69) is 9.68 Å². The Morgan fingerprint density at radius 3 is 2.46 bits per heavy atom. The minimum absolute atomic E-state index is 0.0793. The molecule has 132 valence electrons. The molecule has 24 heavy (non-hydrogen) atoms. The first-order chi connectivity index (χ1) is 11.3. The Morgan fingerprint density at radius 1 is 1.33 bits per heavy atom. The predicted octanol–water partition coefficient (Wildman–Crippen LogP) is 1.54. The van der Waals surface area contributed by atoms with Gasteiger partial charge in [-0.15, -0.1) is 0 Å². The number of phenols is 1. The van der Waals surface area contributed by atoms with Crippen molar-refractivity contribution in [1.82, 2.24) is 5.32 Å². The summed E-state index contributed by atoms with van der Waals surface area (Å²) in [4.78, 5) is 23.6. The van der Waals surface area contributed by atoms with Crippen molar-refractivity contribution < 1.29 is 18.9 Å². The van der Waals surface area contributed by atoms with Gasteiger partial charge >= 0.3 is 6.03 Å². The molecule has 4 N–H and O–H groups in total. The monoisotopic (exact) mass is 353 g/mol. The van der Waals surface area contributed by atoms with Crippen LogP contribution in [0.5, 0.6) is 5.75 Å². The highest BCUT2D eigenvalue weighted by Crippen LogP contribution is 2.25. The number of primary amides is 1. The Kier molecular flexibility index (Phi) is 5.82. The highest BCUT2D eigenvalue weighted by molar-refractivity contribution is 7.93. The third kappa shape index (κ3) is 4.95. The lowest BCUT2D eigenvalue weighted by molar-refractivity contribution is -0.119. The average Bonchev–Trinajstić information content (AvgIpc) is 3.03. The molecule has 2 rings (SSSR count). The zero-order valence-electron chi connectivity index (χ0n) is 13.6. The average molecular weight is 353 g/mol. The molecule has 3 amide bonds. The van der Waals surface area contributed by atoms with Gasteiger partial charge in [0.05, 0.1) is 9.73 Å². The molecule has 8 heteroatoms. The second-order valence-corrected chi connectivity index (χ2v) is 8.70. The van der Waals surface area contributed by atoms with Gasteiger partial charge in [0.2, 0.25) is 0 Å². The van der Waals surface area contributed by atoms with Crippen molar-refractivity contribution in [3.63, 3.8) is 0 Å². The molecule has 0 bridgehead atoms. The molecule has 1 aromatic carbocycles. The van der Waals surface area contributed by atoms with Crippen LogP contribution in [-0.2, 0) is 20.9 Å². The summed E-state index contributed by atoms with van der Waals surface area (Å²) in [5.74, 6) is -0.534. The second-order valence-electron chi connectivity index (χ2n) is 6.13. The molecule has 7 nitrogen and oxygen atoms in total. The quantitative estimate of drug-likeness (QED) is 0.743. The number of nitrogens with two attached hydrogens (primary N) is 1. The Morgan fingerprint density at radius 2 is 1.92 bits per heavy atom. The zero-order chi connectivity index (χ0) is 17.7. The number of amides is 3. The van der Waals surface area contributed by atoms with Crippen LogP contribution in [0.2, 0.25) is 0 Å². The second kappa shape index (κ2) is 7.65. The normalized spacial score (nSPS) is 18.5. The molecule has 1 unspecified atom stereocenters. The van der Waals surface area contributed by atoms with Crippen LogP contribution in [0.15, 0.2) is 28.6 Å². The number of nitrogens with zero attached hydrogens (tertiary/aromatic N) is 1. The van der Waals surface area contributed by atoms with Gasteiger partial charge in [-0.25, -0.2) is 9.00 Å². The third-order valence-corrected chi connectivity index (χ3v) is 6.43. The van der Waals surface area contributed by atoms with Crippen LogP contribution in [0.1, 0.15) is 31.2 Å². The molecular weight excluding hydrogens is 330 g/mol. The Hall–Kier alpha value is -2.09. The fourth-order valence-electron chi connectivity index (χ4n) is 2.88. The molecule has 0 heterocycles. The summed E-state index contributed by atoms with van der Waals surface area (Å²) in [6, 6.07) is 4.43. The van der Waals surface area contributed by atoms with Crippen LogP contribution in [0, 0.1) is 0 Å². The first-order valence-corrected chi connectivity index (χ1v) is 9.85. The van der Waals surface area contributed by atoms with Crippen molar-refractivity contribution in [1.29, 1.82) is 0 Å². The van der Waals surface area contributed by atoms with E-state index in [1.54, 1.807) is 12.1 Å². The molecule has 1 fully saturated rings. The lowest BCUT2D eigenvalue weighted by Gasteiger charge is -2.16. The molecule has 1 aliphatic rings. The largest absolute Gasteiger partial charge is 0.508 e. The van der Waals surface area contributed by atoms with Crippen LogP contribution in [-0.4, -0.2) is 38.8 Å². The fourth-order valence-corrected chi connectivity index (χ4v) is 4.72. The smallest absolute Gasteiger partial charge is 0.312 e. The van der Waals surface area contributed by atoms with Crippen molar-refractivity contribution in [3.05, 3.63) is 29.8 Å². The molecule has 0 spiro atoms. The molecule has 1 aromatic rings. The number of urea groups is 1. The zero-order valence-corrected chi connectivity index (χ0v) is 14.4. The lowest BCUT2D eigenvalue weighted by atomic mass is 10.1. The van der Waals surface area contributed by atoms with E-state index in [1.807, 2.05) is 0 Å². The maximum Gasteiger partial charge on any atom is 0.312 e. The minimum atomic E-state index is -2.65. The van der Waals surface area contributed by atoms with Crippen molar-refractivity contribution in [2.75, 3.05) is 6.26 Å². The Bertz CT molecular complexity index is 717. The maximum absolute atomic E-state index is 12.7. The number of hydrogen-bond acceptors (Lipinski definition) is 4. The number of benzene rings is 1. The summed E-state index contributed by atoms with van der Waals surface area (Å²) >= 11 is 0. The van der Waals surface area contributed by atoms with Crippen LogP contribution >= 0.6 is 0 Å². The van der Waals surface area contributed by atoms with Crippen LogP contribution in [0.4, 0.5) is 4.79 Å². The van der Waals surface area contributed by atoms with Gasteiger partial charge in [0.1, 0.15) is 11.8 Å². The summed E-state index contributed by atoms with van der Waals surface area (Å²) in [5.41, 5.74) is 5.86. The summed E-state index contributed by atoms with van der Waals surface area (Å²) < 4.78 is 16.6. The van der Waals surface area contributed by atoms with Gasteiger partial charge in [-0.3, -0.25) is 4.79 Å². The molecule has 2 atom stereocenters. The topological polar surface area (TPSA) is 122 Å². The van der Waals surface area contributed by atoms with E-state index < -0.39 is 27.7 Å². The number of carbonyl (C=O) groups is 2. The fraction of sp³-hybridized carbons (Fsp3) is 0.500. The van der Waals surface area contributed by atoms with Gasteiger partial charge in [0.15, 0.2) is 0 Å². The molecule has 1 saturated carbocycles. The van der Waals surface area contributed by atoms with E-state index in [4.69, 9.17) is 5.73 Å². The van der Waals surface area contributed by atoms with Gasteiger partial charge in [-0.2, -0.15) is 4.36 Å². The van der Waals surface area contributed by atoms with Gasteiger partial charge in [-0.1, -0.05) is 25.0 Å². The number of aromatic hydroxyl groups is 1. The molecular formula is C16H23N3O4S. The summed E-state index contributed by atoms with van der Waals surface area (Å²) in [6.45, 7) is 0. The first kappa shape index (κ1) is 18.3. The van der Waals surface area contributed by atoms with E-state index in [1.165, 1.54) is 18.4 Å². The Balaban J connectivity index is 2.19. The van der Waals surface area contributed by atoms with E-state index >= 15 is 0 Å². The molecule has 0 saturated heterocycles. The van der Waals surface area contributed by atoms with Crippen LogP contribution in [0.25, 0.3) is 0 Å². The van der Waals surface area contributed by atoms with Crippen LogP contribution in [0.3, 0.4) is 0 Å². The predicted molar refractivity (Wildman–Crippen MR) is 92.1 cm³/mol. The number of carbonyl (C=O) groups excluding carboxylic acids is 2. The van der Waals surface area contributed by atoms with Crippen molar-refractivity contribution >= 4 is 21.7 Å². The third-order valence-electron chi connectivity index (χ3n) is 4.18. The van der Waals surface area contributed by atoms with Crippen molar-refractivity contribution in [2.45, 2.75) is 43.4 Å². The standard InChI is InChI=1S/C16H23N3O4S/c1-24(23,13-4-2-3-5-13)19-15(21)14(18-16(17)22)10-11-6-8-12(20)9-7-11/h6-9,13-14,20H,2-5,10H2,1H3,(H3,17,18,22)/t14-,24?/m0/s1. The van der Waals surface area contributed by atoms with Gasteiger partial charge in [0, 0.05) is 17.9 Å². The molecule has 0 aliphatic heterocycles. The SMILES string of the molecule is CS(=O)(=NC(=O)[C@H](Cc1ccc(O)cc1)NC(N)=O)C1CCCC1. The first-order valence-electron chi connectivity index (χ1n) is 7.86. The highest BCUT2D eigenvalue weighted by Gasteiger charge is 2.27. The minimum Gasteiger partial charge on any atom is -0.508 e. The van der Waals surface area contributed by atoms with Gasteiger partial charge in [0.25, 0.3) is 5.91 Å². The molecule has 0 aromatic heterocycles. The lowest BCUT2D eigenvalue weighted by Crippen LogP contribution is -2.44. The molecule has 1 aliphatic carbocycles. The van der Waals surface area contributed by atoms with Gasteiger partial charge < -0.3 is 16.2 Å². The number of nitrogens with one attached hydrogen (secondary N) is 1. The summed E-state index contributed by atoms with van der Waals surface area (Å²) in [5, 5.41) is 11.6. The van der Waals surface area contributed by atoms with Crippen LogP contribution < -0.4 is 11.1 Å². The number of phenolic OH excluding ortho intramolecular Hbond substituents is 1. The van der Waals surface area contributed by atoms with E-state index in [9.17, 15) is 18.9 Å². The van der Waals surface area contributed by atoms with Gasteiger partial charge in [-0.05, 0) is 30.5 Å². The van der Waals surface area contributed by atoms with E-state index in [0.717, 1.165) is 31.2 Å². The number of hydrogen-bond donors (Lipinski definition) is 3. The highest BCUT2D eigenvalue weighted by atomic mass is 32.2. The van der Waals surface area contributed by atoms with Crippen molar-refractivity contribution in [2.24, 2.45) is 10.1 Å². The molecule has 0 radical (unpaired) electrons. The van der Waals surface area contributed by atoms with E-state index in [-0.39, 0.29) is 17.4 Å². The van der Waals surface area contributed by atoms with E-state index in [0.29, 0.717) is 0 Å². The Labute approximate surface area is 141 Å². The summed E-state index contributed by atoms with van der Waals surface area (Å²) in [7, 11) is -2.65. The number of rotatable bonds is 5. The van der Waals surface area contributed by atoms with Crippen molar-refractivity contribution in [3.8, 4) is 5.75 Å².